The summed E-state index contributed by atoms with van der Waals surface area (Å²) in [7, 11) is 1.77. The lowest BCUT2D eigenvalue weighted by atomic mass is 9.88. The van der Waals surface area contributed by atoms with Gasteiger partial charge < -0.3 is 5.11 Å². The van der Waals surface area contributed by atoms with E-state index in [2.05, 4.69) is 15.5 Å². The summed E-state index contributed by atoms with van der Waals surface area (Å²) >= 11 is 6.07. The summed E-state index contributed by atoms with van der Waals surface area (Å²) in [5.41, 5.74) is -0.314. The predicted octanol–water partition coefficient (Wildman–Crippen LogP) is 1.18. The van der Waals surface area contributed by atoms with Crippen LogP contribution in [-0.2, 0) is 5.41 Å². The number of aliphatic hydroxyl groups is 1. The fourth-order valence-electron chi connectivity index (χ4n) is 2.46. The van der Waals surface area contributed by atoms with E-state index in [0.717, 1.165) is 5.56 Å². The van der Waals surface area contributed by atoms with E-state index in [0.29, 0.717) is 11.7 Å². The monoisotopic (exact) mass is 312 g/mol. The molecule has 6 nitrogen and oxygen atoms in total. The van der Waals surface area contributed by atoms with Gasteiger partial charge in [-0.15, -0.1) is 10.2 Å². The number of likely N-dealkylation sites (N-methyl/N-ethyl adjacent to an activating group) is 1. The number of Topliss-reactive ketones (excluding diaryl/α,β-unsaturated/α-hetero) is 1. The molecule has 1 saturated heterocycles. The van der Waals surface area contributed by atoms with Crippen LogP contribution < -0.4 is 5.32 Å². The Bertz CT molecular complexity index is 569. The Balaban J connectivity index is 2.33. The van der Waals surface area contributed by atoms with Crippen LogP contribution in [0.15, 0.2) is 6.07 Å². The molecule has 1 aliphatic heterocycles. The van der Waals surface area contributed by atoms with Crippen LogP contribution in [0.2, 0.25) is 5.15 Å². The van der Waals surface area contributed by atoms with Crippen molar-refractivity contribution in [3.8, 4) is 0 Å². The van der Waals surface area contributed by atoms with E-state index in [9.17, 15) is 9.90 Å². The van der Waals surface area contributed by atoms with E-state index in [-0.39, 0.29) is 16.9 Å². The summed E-state index contributed by atoms with van der Waals surface area (Å²) in [4.78, 5) is 14.3. The Morgan fingerprint density at radius 3 is 2.62 bits per heavy atom. The molecule has 2 atom stereocenters. The van der Waals surface area contributed by atoms with Gasteiger partial charge in [0, 0.05) is 6.54 Å². The second-order valence-corrected chi connectivity index (χ2v) is 7.14. The van der Waals surface area contributed by atoms with Crippen molar-refractivity contribution in [2.45, 2.75) is 45.0 Å². The van der Waals surface area contributed by atoms with Gasteiger partial charge >= 0.3 is 0 Å². The van der Waals surface area contributed by atoms with Crippen molar-refractivity contribution in [1.29, 1.82) is 0 Å². The number of rotatable bonds is 2. The minimum atomic E-state index is -1.10. The summed E-state index contributed by atoms with van der Waals surface area (Å²) in [5, 5.41) is 21.0. The molecule has 0 bridgehead atoms. The summed E-state index contributed by atoms with van der Waals surface area (Å²) < 4.78 is 0. The van der Waals surface area contributed by atoms with Crippen LogP contribution in [0.3, 0.4) is 0 Å². The number of nitrogens with one attached hydrogen (secondary N) is 1. The summed E-state index contributed by atoms with van der Waals surface area (Å²) in [5.74, 6) is -0.232. The molecule has 1 aromatic rings. The van der Waals surface area contributed by atoms with Crippen molar-refractivity contribution in [2.75, 3.05) is 13.6 Å². The van der Waals surface area contributed by atoms with Crippen molar-refractivity contribution >= 4 is 17.4 Å². The van der Waals surface area contributed by atoms with Crippen molar-refractivity contribution in [3.05, 3.63) is 22.5 Å². The van der Waals surface area contributed by atoms with E-state index in [1.54, 1.807) is 24.9 Å². The lowest BCUT2D eigenvalue weighted by Crippen LogP contribution is -2.46. The van der Waals surface area contributed by atoms with Crippen LogP contribution in [0, 0.1) is 0 Å². The normalized spacial score (nSPS) is 27.1. The van der Waals surface area contributed by atoms with Crippen LogP contribution in [-0.4, -0.2) is 51.5 Å². The highest BCUT2D eigenvalue weighted by Gasteiger charge is 2.41. The van der Waals surface area contributed by atoms with E-state index < -0.39 is 11.9 Å². The third kappa shape index (κ3) is 3.40. The average molecular weight is 313 g/mol. The molecule has 0 radical (unpaired) electrons. The van der Waals surface area contributed by atoms with Crippen molar-refractivity contribution in [2.24, 2.45) is 0 Å². The second kappa shape index (κ2) is 5.28. The number of halogens is 1. The SMILES string of the molecule is CN1C[C@@](C)(O)NC1C(=O)c1cc(C(C)(C)C)c(Cl)nn1. The van der Waals surface area contributed by atoms with E-state index >= 15 is 0 Å². The largest absolute Gasteiger partial charge is 0.375 e. The maximum atomic E-state index is 12.6. The minimum absolute atomic E-state index is 0.232. The van der Waals surface area contributed by atoms with E-state index in [4.69, 9.17) is 11.6 Å². The number of aromatic nitrogens is 2. The number of carbonyl (C=O) groups is 1. The average Bonchev–Trinajstić information content (AvgIpc) is 2.61. The van der Waals surface area contributed by atoms with E-state index in [1.165, 1.54) is 0 Å². The van der Waals surface area contributed by atoms with Gasteiger partial charge in [0.1, 0.15) is 17.6 Å². The predicted molar refractivity (Wildman–Crippen MR) is 80.3 cm³/mol. The Hall–Kier alpha value is -1.08. The number of β-amino-alcohol motifs (C(OH)–C–C–N with tert-alkyl or cyclic N) is 1. The molecule has 0 aromatic carbocycles. The Kier molecular flexibility index (Phi) is 4.10. The smallest absolute Gasteiger partial charge is 0.214 e. The lowest BCUT2D eigenvalue weighted by molar-refractivity contribution is 0.0477. The van der Waals surface area contributed by atoms with Gasteiger partial charge in [-0.2, -0.15) is 0 Å². The maximum Gasteiger partial charge on any atom is 0.214 e. The second-order valence-electron chi connectivity index (χ2n) is 6.78. The quantitative estimate of drug-likeness (QED) is 0.799. The third-order valence-electron chi connectivity index (χ3n) is 3.50. The minimum Gasteiger partial charge on any atom is -0.375 e. The molecule has 1 aromatic heterocycles. The third-order valence-corrected chi connectivity index (χ3v) is 3.78. The molecule has 7 heteroatoms. The first kappa shape index (κ1) is 16.3. The first-order valence-corrected chi connectivity index (χ1v) is 7.17. The van der Waals surface area contributed by atoms with Crippen molar-refractivity contribution in [3.63, 3.8) is 0 Å². The summed E-state index contributed by atoms with van der Waals surface area (Å²) in [6.07, 6.45) is -0.622. The van der Waals surface area contributed by atoms with Gasteiger partial charge in [0.2, 0.25) is 5.78 Å². The molecular weight excluding hydrogens is 292 g/mol. The highest BCUT2D eigenvalue weighted by molar-refractivity contribution is 6.30. The fraction of sp³-hybridized carbons (Fsp3) is 0.643. The topological polar surface area (TPSA) is 78.4 Å². The zero-order chi connectivity index (χ0) is 16.0. The molecule has 1 unspecified atom stereocenters. The standard InChI is InChI=1S/C14H21ClN4O2/c1-13(2,3)8-6-9(17-18-11(8)15)10(20)12-16-14(4,21)7-19(12)5/h6,12,16,21H,7H2,1-5H3/t12?,14-/m1/s1. The Labute approximate surface area is 129 Å². The number of nitrogens with zero attached hydrogens (tertiary/aromatic N) is 3. The molecular formula is C14H21ClN4O2. The number of ketones is 1. The molecule has 2 rings (SSSR count). The zero-order valence-electron chi connectivity index (χ0n) is 12.9. The molecule has 1 aliphatic rings. The Morgan fingerprint density at radius 2 is 2.14 bits per heavy atom. The Morgan fingerprint density at radius 1 is 1.52 bits per heavy atom. The van der Waals surface area contributed by atoms with Crippen molar-refractivity contribution in [1.82, 2.24) is 20.4 Å². The summed E-state index contributed by atoms with van der Waals surface area (Å²) in [6, 6.07) is 1.68. The van der Waals surface area contributed by atoms with Crippen LogP contribution in [0.25, 0.3) is 0 Å². The molecule has 0 aliphatic carbocycles. The van der Waals surface area contributed by atoms with Gasteiger partial charge in [0.05, 0.1) is 0 Å². The van der Waals surface area contributed by atoms with Gasteiger partial charge in [-0.05, 0) is 31.0 Å². The van der Waals surface area contributed by atoms with Crippen molar-refractivity contribution < 1.29 is 9.90 Å². The first-order chi connectivity index (χ1) is 9.51. The molecule has 2 heterocycles. The molecule has 0 amide bonds. The van der Waals surface area contributed by atoms with Crippen LogP contribution in [0.5, 0.6) is 0 Å². The molecule has 1 fully saturated rings. The first-order valence-electron chi connectivity index (χ1n) is 6.79. The zero-order valence-corrected chi connectivity index (χ0v) is 13.7. The number of carbonyl (C=O) groups excluding carboxylic acids is 1. The van der Waals surface area contributed by atoms with Gasteiger partial charge in [-0.1, -0.05) is 32.4 Å². The van der Waals surface area contributed by atoms with Gasteiger partial charge in [-0.25, -0.2) is 0 Å². The molecule has 0 saturated carbocycles. The lowest BCUT2D eigenvalue weighted by Gasteiger charge is -2.21. The molecule has 0 spiro atoms. The maximum absolute atomic E-state index is 12.6. The highest BCUT2D eigenvalue weighted by Crippen LogP contribution is 2.28. The van der Waals surface area contributed by atoms with E-state index in [1.807, 2.05) is 20.8 Å². The molecule has 2 N–H and O–H groups in total. The van der Waals surface area contributed by atoms with Crippen LogP contribution >= 0.6 is 11.6 Å². The number of hydrogen-bond acceptors (Lipinski definition) is 6. The molecule has 21 heavy (non-hydrogen) atoms. The van der Waals surface area contributed by atoms with Crippen LogP contribution in [0.4, 0.5) is 0 Å². The van der Waals surface area contributed by atoms with Gasteiger partial charge in [0.25, 0.3) is 0 Å². The molecule has 116 valence electrons. The fourth-order valence-corrected chi connectivity index (χ4v) is 2.83. The highest BCUT2D eigenvalue weighted by atomic mass is 35.5. The van der Waals surface area contributed by atoms with Gasteiger partial charge in [-0.3, -0.25) is 15.0 Å². The van der Waals surface area contributed by atoms with Gasteiger partial charge in [0.15, 0.2) is 5.15 Å². The summed E-state index contributed by atoms with van der Waals surface area (Å²) in [6.45, 7) is 7.97. The van der Waals surface area contributed by atoms with Crippen LogP contribution in [0.1, 0.15) is 43.7 Å². The number of hydrogen-bond donors (Lipinski definition) is 2.